The number of halogens is 1. The predicted octanol–water partition coefficient (Wildman–Crippen LogP) is 2.14. The highest BCUT2D eigenvalue weighted by Gasteiger charge is 1.99. The zero-order valence-electron chi connectivity index (χ0n) is 6.37. The molecule has 0 aliphatic rings. The first-order chi connectivity index (χ1) is 5.84. The third-order valence-corrected chi connectivity index (χ3v) is 1.61. The first kappa shape index (κ1) is 9.60. The molecule has 1 aromatic carbocycles. The number of hydrogen-bond acceptors (Lipinski definition) is 3. The highest BCUT2D eigenvalue weighted by Crippen LogP contribution is 2.24. The van der Waals surface area contributed by atoms with Gasteiger partial charge in [0.05, 0.1) is 0 Å². The molecule has 1 rings (SSSR count). The van der Waals surface area contributed by atoms with E-state index in [-0.39, 0.29) is 5.75 Å². The molecule has 0 unspecified atom stereocenters. The van der Waals surface area contributed by atoms with Crippen LogP contribution in [0.3, 0.4) is 0 Å². The van der Waals surface area contributed by atoms with E-state index in [1.165, 1.54) is 0 Å². The monoisotopic (exact) mass is 280 g/mol. The lowest BCUT2D eigenvalue weighted by Crippen LogP contribution is -1.99. The topological polar surface area (TPSA) is 38.7 Å². The van der Waals surface area contributed by atoms with Gasteiger partial charge in [0.2, 0.25) is 5.75 Å². The Bertz CT molecular complexity index is 239. The van der Waals surface area contributed by atoms with Crippen LogP contribution in [-0.4, -0.2) is 16.1 Å². The second kappa shape index (κ2) is 5.21. The highest BCUT2D eigenvalue weighted by molar-refractivity contribution is 14.1. The molecule has 0 bridgehead atoms. The summed E-state index contributed by atoms with van der Waals surface area (Å²) in [4.78, 5) is 9.60. The summed E-state index contributed by atoms with van der Waals surface area (Å²) in [6.45, 7) is 0.509. The van der Waals surface area contributed by atoms with Crippen molar-refractivity contribution in [3.05, 3.63) is 24.3 Å². The number of benzene rings is 1. The van der Waals surface area contributed by atoms with Gasteiger partial charge in [-0.1, -0.05) is 34.7 Å². The quantitative estimate of drug-likeness (QED) is 0.302. The van der Waals surface area contributed by atoms with Crippen molar-refractivity contribution in [2.45, 2.75) is 0 Å². The number of hydrogen-bond donors (Lipinski definition) is 1. The highest BCUT2D eigenvalue weighted by atomic mass is 127. The van der Waals surface area contributed by atoms with Crippen molar-refractivity contribution in [1.29, 1.82) is 0 Å². The molecule has 4 heteroatoms. The molecule has 0 aliphatic heterocycles. The molecule has 12 heavy (non-hydrogen) atoms. The van der Waals surface area contributed by atoms with Gasteiger partial charge in [0.1, 0.15) is 6.61 Å². The van der Waals surface area contributed by atoms with Gasteiger partial charge in [-0.3, -0.25) is 0 Å². The van der Waals surface area contributed by atoms with Crippen LogP contribution in [0.25, 0.3) is 0 Å². The van der Waals surface area contributed by atoms with E-state index >= 15 is 0 Å². The van der Waals surface area contributed by atoms with Gasteiger partial charge < -0.3 is 9.99 Å². The first-order valence-corrected chi connectivity index (χ1v) is 5.00. The minimum absolute atomic E-state index is 0.0889. The van der Waals surface area contributed by atoms with Crippen molar-refractivity contribution >= 4 is 22.6 Å². The second-order valence-corrected chi connectivity index (χ2v) is 3.14. The fraction of sp³-hybridized carbons (Fsp3) is 0.250. The summed E-state index contributed by atoms with van der Waals surface area (Å²) in [6, 6.07) is 6.67. The van der Waals surface area contributed by atoms with E-state index in [0.717, 1.165) is 4.43 Å². The van der Waals surface area contributed by atoms with Crippen LogP contribution >= 0.6 is 22.6 Å². The van der Waals surface area contributed by atoms with E-state index in [2.05, 4.69) is 22.6 Å². The number of phenols is 1. The Morgan fingerprint density at radius 2 is 2.08 bits per heavy atom. The van der Waals surface area contributed by atoms with Gasteiger partial charge >= 0.3 is 0 Å². The summed E-state index contributed by atoms with van der Waals surface area (Å²) in [5.74, 6) is 0.438. The van der Waals surface area contributed by atoms with Crippen molar-refractivity contribution < 1.29 is 14.9 Å². The summed E-state index contributed by atoms with van der Waals surface area (Å²) >= 11 is 2.17. The van der Waals surface area contributed by atoms with Gasteiger partial charge in [-0.15, -0.1) is 0 Å². The first-order valence-electron chi connectivity index (χ1n) is 3.48. The van der Waals surface area contributed by atoms with Gasteiger partial charge in [-0.25, -0.2) is 0 Å². The van der Waals surface area contributed by atoms with Gasteiger partial charge in [-0.05, 0) is 12.1 Å². The maximum atomic E-state index is 9.20. The van der Waals surface area contributed by atoms with Crippen molar-refractivity contribution in [2.24, 2.45) is 0 Å². The van der Waals surface area contributed by atoms with Gasteiger partial charge in [0.15, 0.2) is 5.75 Å². The normalized spacial score (nSPS) is 9.75. The standard InChI is InChI=1S/C8H9IO3/c9-5-6-11-12-8-4-2-1-3-7(8)10/h1-4,10H,5-6H2. The van der Waals surface area contributed by atoms with Crippen LogP contribution in [0.15, 0.2) is 24.3 Å². The average Bonchev–Trinajstić information content (AvgIpc) is 2.09. The summed E-state index contributed by atoms with van der Waals surface area (Å²) in [5, 5.41) is 9.20. The molecule has 66 valence electrons. The molecule has 0 aliphatic carbocycles. The van der Waals surface area contributed by atoms with E-state index < -0.39 is 0 Å². The number of para-hydroxylation sites is 2. The van der Waals surface area contributed by atoms with E-state index in [1.807, 2.05) is 0 Å². The Balaban J connectivity index is 2.46. The third-order valence-electron chi connectivity index (χ3n) is 1.17. The van der Waals surface area contributed by atoms with Crippen LogP contribution in [0, 0.1) is 0 Å². The summed E-state index contributed by atoms with van der Waals surface area (Å²) in [6.07, 6.45) is 0. The van der Waals surface area contributed by atoms with Crippen LogP contribution < -0.4 is 4.89 Å². The average molecular weight is 280 g/mol. The minimum atomic E-state index is 0.0889. The molecule has 0 heterocycles. The lowest BCUT2D eigenvalue weighted by atomic mass is 10.3. The second-order valence-electron chi connectivity index (χ2n) is 2.06. The fourth-order valence-electron chi connectivity index (χ4n) is 0.664. The molecule has 0 aromatic heterocycles. The molecule has 0 radical (unpaired) electrons. The van der Waals surface area contributed by atoms with E-state index in [4.69, 9.17) is 9.78 Å². The van der Waals surface area contributed by atoms with E-state index in [1.54, 1.807) is 24.3 Å². The molecule has 1 N–H and O–H groups in total. The minimum Gasteiger partial charge on any atom is -0.504 e. The largest absolute Gasteiger partial charge is 0.504 e. The molecule has 0 fully saturated rings. The lowest BCUT2D eigenvalue weighted by Gasteiger charge is -2.04. The maximum Gasteiger partial charge on any atom is 0.206 e. The van der Waals surface area contributed by atoms with Crippen molar-refractivity contribution in [2.75, 3.05) is 11.0 Å². The van der Waals surface area contributed by atoms with Gasteiger partial charge in [0, 0.05) is 4.43 Å². The Labute approximate surface area is 84.4 Å². The summed E-state index contributed by atoms with van der Waals surface area (Å²) in [7, 11) is 0. The van der Waals surface area contributed by atoms with Gasteiger partial charge in [0.25, 0.3) is 0 Å². The van der Waals surface area contributed by atoms with Crippen molar-refractivity contribution in [3.63, 3.8) is 0 Å². The molecular weight excluding hydrogens is 271 g/mol. The Hall–Kier alpha value is -0.490. The lowest BCUT2D eigenvalue weighted by molar-refractivity contribution is -0.201. The molecule has 0 saturated carbocycles. The molecule has 0 amide bonds. The van der Waals surface area contributed by atoms with E-state index in [0.29, 0.717) is 12.4 Å². The van der Waals surface area contributed by atoms with Crippen LogP contribution in [0.4, 0.5) is 0 Å². The van der Waals surface area contributed by atoms with Crippen LogP contribution in [-0.2, 0) is 4.89 Å². The van der Waals surface area contributed by atoms with Crippen LogP contribution in [0.5, 0.6) is 11.5 Å². The predicted molar refractivity (Wildman–Crippen MR) is 53.6 cm³/mol. The number of alkyl halides is 1. The SMILES string of the molecule is Oc1ccccc1OOCCI. The summed E-state index contributed by atoms with van der Waals surface area (Å²) in [5.41, 5.74) is 0. The Morgan fingerprint density at radius 1 is 1.33 bits per heavy atom. The molecule has 1 aromatic rings. The zero-order valence-corrected chi connectivity index (χ0v) is 8.52. The van der Waals surface area contributed by atoms with Gasteiger partial charge in [-0.2, -0.15) is 4.89 Å². The number of rotatable bonds is 4. The fourth-order valence-corrected chi connectivity index (χ4v) is 0.844. The zero-order chi connectivity index (χ0) is 8.81. The molecule has 3 nitrogen and oxygen atoms in total. The third kappa shape index (κ3) is 2.86. The molecular formula is C8H9IO3. The summed E-state index contributed by atoms with van der Waals surface area (Å²) < 4.78 is 0.853. The molecule has 0 atom stereocenters. The smallest absolute Gasteiger partial charge is 0.206 e. The van der Waals surface area contributed by atoms with E-state index in [9.17, 15) is 5.11 Å². The van der Waals surface area contributed by atoms with Crippen LogP contribution in [0.1, 0.15) is 0 Å². The maximum absolute atomic E-state index is 9.20. The van der Waals surface area contributed by atoms with Crippen molar-refractivity contribution in [3.8, 4) is 11.5 Å². The number of aromatic hydroxyl groups is 1. The Morgan fingerprint density at radius 3 is 2.75 bits per heavy atom. The van der Waals surface area contributed by atoms with Crippen LogP contribution in [0.2, 0.25) is 0 Å². The molecule has 0 saturated heterocycles. The molecule has 0 spiro atoms. The van der Waals surface area contributed by atoms with Crippen molar-refractivity contribution in [1.82, 2.24) is 0 Å². The Kier molecular flexibility index (Phi) is 4.16. The number of phenolic OH excluding ortho intramolecular Hbond substituents is 1.